The molecule has 0 bridgehead atoms. The van der Waals surface area contributed by atoms with Crippen LogP contribution in [0, 0.1) is 5.82 Å². The summed E-state index contributed by atoms with van der Waals surface area (Å²) in [6.45, 7) is 0.163. The molecule has 1 amide bonds. The second-order valence-corrected chi connectivity index (χ2v) is 7.30. The summed E-state index contributed by atoms with van der Waals surface area (Å²) in [6, 6.07) is 18.9. The number of hydrogen-bond acceptors (Lipinski definition) is 5. The first-order chi connectivity index (χ1) is 14.1. The van der Waals surface area contributed by atoms with Gasteiger partial charge in [-0.05, 0) is 35.9 Å². The molecule has 9 heteroatoms. The van der Waals surface area contributed by atoms with E-state index in [4.69, 9.17) is 0 Å². The average molecular weight is 409 g/mol. The number of carbonyl (C=O) groups is 1. The van der Waals surface area contributed by atoms with Gasteiger partial charge in [0.25, 0.3) is 0 Å². The summed E-state index contributed by atoms with van der Waals surface area (Å²) in [4.78, 5) is 25.4. The fraction of sp³-hybridized carbons (Fsp3) is 0.100. The molecular weight excluding hydrogens is 393 g/mol. The molecule has 0 aliphatic rings. The highest BCUT2D eigenvalue weighted by atomic mass is 32.2. The van der Waals surface area contributed by atoms with Crippen molar-refractivity contribution < 1.29 is 9.18 Å². The number of rotatable bonds is 6. The highest BCUT2D eigenvalue weighted by Crippen LogP contribution is 2.25. The molecule has 0 fully saturated rings. The molecule has 2 aromatic heterocycles. The van der Waals surface area contributed by atoms with E-state index in [2.05, 4.69) is 15.5 Å². The van der Waals surface area contributed by atoms with Crippen LogP contribution in [0.5, 0.6) is 0 Å². The minimum atomic E-state index is -0.517. The predicted octanol–water partition coefficient (Wildman–Crippen LogP) is 2.50. The van der Waals surface area contributed by atoms with Gasteiger partial charge in [0.05, 0.1) is 0 Å². The largest absolute Gasteiger partial charge is 0.367 e. The summed E-state index contributed by atoms with van der Waals surface area (Å²) in [5, 5.41) is 11.7. The first-order valence-electron chi connectivity index (χ1n) is 8.79. The second-order valence-electron chi connectivity index (χ2n) is 6.20. The molecule has 29 heavy (non-hydrogen) atoms. The van der Waals surface area contributed by atoms with Crippen LogP contribution in [-0.4, -0.2) is 25.3 Å². The molecule has 0 aliphatic heterocycles. The normalized spacial score (nSPS) is 10.9. The van der Waals surface area contributed by atoms with Crippen molar-refractivity contribution in [2.75, 3.05) is 0 Å². The van der Waals surface area contributed by atoms with Crippen LogP contribution in [0.1, 0.15) is 5.56 Å². The molecule has 7 nitrogen and oxygen atoms in total. The second kappa shape index (κ2) is 8.27. The van der Waals surface area contributed by atoms with Crippen LogP contribution in [0.4, 0.5) is 4.39 Å². The Morgan fingerprint density at radius 1 is 1.03 bits per heavy atom. The Kier molecular flexibility index (Phi) is 5.39. The van der Waals surface area contributed by atoms with Gasteiger partial charge in [0, 0.05) is 11.4 Å². The lowest BCUT2D eigenvalue weighted by Crippen LogP contribution is -2.32. The van der Waals surface area contributed by atoms with Gasteiger partial charge in [-0.3, -0.25) is 4.79 Å². The molecule has 0 aliphatic carbocycles. The van der Waals surface area contributed by atoms with Crippen molar-refractivity contribution in [3.8, 4) is 0 Å². The van der Waals surface area contributed by atoms with E-state index in [0.717, 1.165) is 14.8 Å². The van der Waals surface area contributed by atoms with Crippen LogP contribution in [0.25, 0.3) is 5.65 Å². The molecule has 2 heterocycles. The summed E-state index contributed by atoms with van der Waals surface area (Å²) in [6.07, 6.45) is 0. The minimum Gasteiger partial charge on any atom is -0.350 e. The molecule has 4 rings (SSSR count). The van der Waals surface area contributed by atoms with Crippen molar-refractivity contribution in [3.63, 3.8) is 0 Å². The van der Waals surface area contributed by atoms with Gasteiger partial charge in [-0.25, -0.2) is 13.9 Å². The third-order valence-corrected chi connectivity index (χ3v) is 4.98. The van der Waals surface area contributed by atoms with E-state index < -0.39 is 5.69 Å². The molecule has 4 aromatic rings. The Morgan fingerprint density at radius 2 is 1.86 bits per heavy atom. The van der Waals surface area contributed by atoms with Crippen LogP contribution in [0.3, 0.4) is 0 Å². The van der Waals surface area contributed by atoms with Crippen LogP contribution in [-0.2, 0) is 17.9 Å². The standard InChI is InChI=1S/C20H16FN5O2S/c21-15-7-4-8-16(11-15)29-19-10-9-17-23-25(20(28)26(17)24-19)13-18(27)22-12-14-5-2-1-3-6-14/h1-11H,12-13H2,(H,22,27). The third-order valence-electron chi connectivity index (χ3n) is 4.06. The van der Waals surface area contributed by atoms with Crippen molar-refractivity contribution in [2.45, 2.75) is 23.0 Å². The van der Waals surface area contributed by atoms with Crippen molar-refractivity contribution in [3.05, 3.63) is 88.6 Å². The first-order valence-corrected chi connectivity index (χ1v) is 9.61. The lowest BCUT2D eigenvalue weighted by molar-refractivity contribution is -0.122. The molecule has 0 radical (unpaired) electrons. The number of halogens is 1. The van der Waals surface area contributed by atoms with Crippen LogP contribution in [0.2, 0.25) is 0 Å². The molecule has 146 valence electrons. The molecule has 0 saturated heterocycles. The Labute approximate surface area is 169 Å². The fourth-order valence-electron chi connectivity index (χ4n) is 2.69. The summed E-state index contributed by atoms with van der Waals surface area (Å²) in [7, 11) is 0. The van der Waals surface area contributed by atoms with E-state index in [1.807, 2.05) is 30.3 Å². The number of nitrogens with one attached hydrogen (secondary N) is 1. The number of amides is 1. The van der Waals surface area contributed by atoms with Gasteiger partial charge in [-0.2, -0.15) is 9.61 Å². The Balaban J connectivity index is 1.48. The number of benzene rings is 2. The van der Waals surface area contributed by atoms with Crippen molar-refractivity contribution in [1.29, 1.82) is 0 Å². The van der Waals surface area contributed by atoms with E-state index in [0.29, 0.717) is 22.1 Å². The Hall–Kier alpha value is -3.46. The fourth-order valence-corrected chi connectivity index (χ4v) is 3.51. The maximum absolute atomic E-state index is 13.3. The van der Waals surface area contributed by atoms with Gasteiger partial charge >= 0.3 is 5.69 Å². The van der Waals surface area contributed by atoms with E-state index in [9.17, 15) is 14.0 Å². The zero-order valence-corrected chi connectivity index (χ0v) is 16.0. The van der Waals surface area contributed by atoms with Crippen LogP contribution in [0.15, 0.2) is 81.4 Å². The SMILES string of the molecule is O=C(Cn1nc2ccc(Sc3cccc(F)c3)nn2c1=O)NCc1ccccc1. The van der Waals surface area contributed by atoms with Crippen molar-refractivity contribution in [2.24, 2.45) is 0 Å². The van der Waals surface area contributed by atoms with E-state index in [1.165, 1.54) is 23.9 Å². The van der Waals surface area contributed by atoms with Crippen LogP contribution < -0.4 is 11.0 Å². The topological polar surface area (TPSA) is 81.3 Å². The Morgan fingerprint density at radius 3 is 2.66 bits per heavy atom. The van der Waals surface area contributed by atoms with E-state index >= 15 is 0 Å². The smallest absolute Gasteiger partial charge is 0.350 e. The van der Waals surface area contributed by atoms with Gasteiger partial charge in [0.15, 0.2) is 5.65 Å². The zero-order chi connectivity index (χ0) is 20.2. The lowest BCUT2D eigenvalue weighted by atomic mass is 10.2. The summed E-state index contributed by atoms with van der Waals surface area (Å²) in [5.74, 6) is -0.670. The number of fused-ring (bicyclic) bond motifs is 1. The van der Waals surface area contributed by atoms with Gasteiger partial charge in [-0.15, -0.1) is 5.10 Å². The highest BCUT2D eigenvalue weighted by Gasteiger charge is 2.12. The molecule has 0 unspecified atom stereocenters. The van der Waals surface area contributed by atoms with Gasteiger partial charge < -0.3 is 5.32 Å². The van der Waals surface area contributed by atoms with Gasteiger partial charge in [0.1, 0.15) is 17.4 Å². The summed E-state index contributed by atoms with van der Waals surface area (Å²) in [5.41, 5.74) is 0.773. The molecule has 1 N–H and O–H groups in total. The Bertz CT molecular complexity index is 1220. The number of aromatic nitrogens is 4. The van der Waals surface area contributed by atoms with E-state index in [1.54, 1.807) is 24.3 Å². The summed E-state index contributed by atoms with van der Waals surface area (Å²) < 4.78 is 15.5. The number of carbonyl (C=O) groups excluding carboxylic acids is 1. The number of hydrogen-bond donors (Lipinski definition) is 1. The lowest BCUT2D eigenvalue weighted by Gasteiger charge is -2.04. The highest BCUT2D eigenvalue weighted by molar-refractivity contribution is 7.99. The van der Waals surface area contributed by atoms with E-state index in [-0.39, 0.29) is 18.3 Å². The third kappa shape index (κ3) is 4.52. The minimum absolute atomic E-state index is 0.207. The summed E-state index contributed by atoms with van der Waals surface area (Å²) >= 11 is 1.23. The molecule has 0 atom stereocenters. The maximum atomic E-state index is 13.3. The molecular formula is C20H16FN5O2S. The predicted molar refractivity (Wildman–Crippen MR) is 106 cm³/mol. The zero-order valence-electron chi connectivity index (χ0n) is 15.2. The van der Waals surface area contributed by atoms with Gasteiger partial charge in [-0.1, -0.05) is 48.2 Å². The van der Waals surface area contributed by atoms with Crippen molar-refractivity contribution >= 4 is 23.3 Å². The number of nitrogens with zero attached hydrogens (tertiary/aromatic N) is 4. The quantitative estimate of drug-likeness (QED) is 0.529. The molecule has 2 aromatic carbocycles. The maximum Gasteiger partial charge on any atom is 0.367 e. The monoisotopic (exact) mass is 409 g/mol. The molecule has 0 spiro atoms. The van der Waals surface area contributed by atoms with Crippen molar-refractivity contribution in [1.82, 2.24) is 24.7 Å². The van der Waals surface area contributed by atoms with Crippen LogP contribution >= 0.6 is 11.8 Å². The average Bonchev–Trinajstić information content (AvgIpc) is 3.02. The first kappa shape index (κ1) is 18.9. The molecule has 0 saturated carbocycles. The van der Waals surface area contributed by atoms with Gasteiger partial charge in [0.2, 0.25) is 5.91 Å².